The van der Waals surface area contributed by atoms with E-state index in [1.807, 2.05) is 49.5 Å². The number of amides is 1. The number of benzene rings is 1. The number of carbonyl (C=O) groups is 1. The minimum Gasteiger partial charge on any atom is -0.367 e. The third kappa shape index (κ3) is 4.01. The summed E-state index contributed by atoms with van der Waals surface area (Å²) < 4.78 is 0. The first kappa shape index (κ1) is 17.7. The van der Waals surface area contributed by atoms with Crippen molar-refractivity contribution in [3.8, 4) is 0 Å². The lowest BCUT2D eigenvalue weighted by Gasteiger charge is -2.33. The van der Waals surface area contributed by atoms with E-state index in [0.717, 1.165) is 41.1 Å². The minimum atomic E-state index is -0.0282. The Hall–Kier alpha value is -2.73. The zero-order valence-corrected chi connectivity index (χ0v) is 15.5. The van der Waals surface area contributed by atoms with Gasteiger partial charge in [0.05, 0.1) is 24.7 Å². The van der Waals surface area contributed by atoms with Crippen molar-refractivity contribution in [3.63, 3.8) is 0 Å². The number of aromatic nitrogens is 1. The minimum absolute atomic E-state index is 0.0267. The number of aliphatic imine (C=N–C) groups is 1. The molecule has 1 fully saturated rings. The average molecular weight is 363 g/mol. The van der Waals surface area contributed by atoms with E-state index >= 15 is 0 Å². The van der Waals surface area contributed by atoms with Crippen LogP contribution < -0.4 is 16.4 Å². The smallest absolute Gasteiger partial charge is 0.226 e. The molecule has 0 saturated heterocycles. The highest BCUT2D eigenvalue weighted by Gasteiger charge is 2.28. The van der Waals surface area contributed by atoms with Crippen molar-refractivity contribution in [2.45, 2.75) is 50.9 Å². The lowest BCUT2D eigenvalue weighted by atomic mass is 9.87. The van der Waals surface area contributed by atoms with Gasteiger partial charge in [0, 0.05) is 23.8 Å². The number of hydrogen-bond donors (Lipinski definition) is 3. The molecule has 4 rings (SSSR count). The van der Waals surface area contributed by atoms with E-state index in [-0.39, 0.29) is 18.4 Å². The Morgan fingerprint density at radius 2 is 2.07 bits per heavy atom. The molecule has 0 bridgehead atoms. The van der Waals surface area contributed by atoms with Crippen molar-refractivity contribution in [3.05, 3.63) is 65.0 Å². The summed E-state index contributed by atoms with van der Waals surface area (Å²) >= 11 is 0. The molecule has 1 amide bonds. The number of fused-ring (bicyclic) bond motifs is 1. The van der Waals surface area contributed by atoms with Gasteiger partial charge in [0.25, 0.3) is 0 Å². The summed E-state index contributed by atoms with van der Waals surface area (Å²) in [5, 5.41) is 6.49. The molecule has 1 aromatic heterocycles. The van der Waals surface area contributed by atoms with Crippen LogP contribution in [0.5, 0.6) is 0 Å². The van der Waals surface area contributed by atoms with E-state index in [4.69, 9.17) is 5.73 Å². The highest BCUT2D eigenvalue weighted by atomic mass is 16.1. The SMILES string of the molecule is C[C@@H](NC(=O)Cc1cc2c(cn1)C(NC1CC(N)C1)=NC2)c1ccccc1. The lowest BCUT2D eigenvalue weighted by molar-refractivity contribution is -0.121. The fraction of sp³-hybridized carbons (Fsp3) is 0.381. The van der Waals surface area contributed by atoms with Gasteiger partial charge in [-0.25, -0.2) is 0 Å². The largest absolute Gasteiger partial charge is 0.367 e. The van der Waals surface area contributed by atoms with Crippen molar-refractivity contribution < 1.29 is 4.79 Å². The van der Waals surface area contributed by atoms with Crippen LogP contribution in [0.4, 0.5) is 0 Å². The van der Waals surface area contributed by atoms with Gasteiger partial charge in [-0.05, 0) is 37.0 Å². The standard InChI is InChI=1S/C21H25N5O/c1-13(14-5-3-2-4-6-14)25-20(27)10-17-7-15-11-24-21(19(15)12-23-17)26-18-8-16(22)9-18/h2-7,12-13,16,18H,8-11,22H2,1H3,(H,24,26)(H,25,27)/t13-,16?,18?/m1/s1. The molecule has 0 radical (unpaired) electrons. The zero-order valence-electron chi connectivity index (χ0n) is 15.5. The fourth-order valence-electron chi connectivity index (χ4n) is 3.62. The number of carbonyl (C=O) groups excluding carboxylic acids is 1. The molecule has 2 heterocycles. The highest BCUT2D eigenvalue weighted by molar-refractivity contribution is 6.02. The number of nitrogens with two attached hydrogens (primary N) is 1. The van der Waals surface area contributed by atoms with Crippen molar-refractivity contribution in [1.82, 2.24) is 15.6 Å². The average Bonchev–Trinajstić information content (AvgIpc) is 3.03. The molecule has 1 atom stereocenters. The van der Waals surface area contributed by atoms with Gasteiger partial charge in [0.1, 0.15) is 5.84 Å². The van der Waals surface area contributed by atoms with Crippen molar-refractivity contribution in [2.75, 3.05) is 0 Å². The van der Waals surface area contributed by atoms with Crippen LogP contribution >= 0.6 is 0 Å². The molecule has 1 aliphatic carbocycles. The summed E-state index contributed by atoms with van der Waals surface area (Å²) in [6.45, 7) is 2.62. The number of nitrogens with one attached hydrogen (secondary N) is 2. The van der Waals surface area contributed by atoms with E-state index in [0.29, 0.717) is 18.6 Å². The Bertz CT molecular complexity index is 858. The highest BCUT2D eigenvalue weighted by Crippen LogP contribution is 2.22. The summed E-state index contributed by atoms with van der Waals surface area (Å²) in [6, 6.07) is 12.6. The Labute approximate surface area is 159 Å². The molecule has 0 unspecified atom stereocenters. The third-order valence-electron chi connectivity index (χ3n) is 5.24. The Balaban J connectivity index is 1.35. The monoisotopic (exact) mass is 363 g/mol. The van der Waals surface area contributed by atoms with Gasteiger partial charge < -0.3 is 16.4 Å². The van der Waals surface area contributed by atoms with Gasteiger partial charge in [0.15, 0.2) is 0 Å². The molecule has 1 saturated carbocycles. The molecule has 6 heteroatoms. The second kappa shape index (κ2) is 7.48. The second-order valence-electron chi connectivity index (χ2n) is 7.45. The lowest BCUT2D eigenvalue weighted by Crippen LogP contribution is -2.50. The van der Waals surface area contributed by atoms with Crippen LogP contribution in [0.2, 0.25) is 0 Å². The van der Waals surface area contributed by atoms with Gasteiger partial charge in [-0.1, -0.05) is 30.3 Å². The van der Waals surface area contributed by atoms with Crippen LogP contribution in [-0.4, -0.2) is 28.8 Å². The van der Waals surface area contributed by atoms with Crippen LogP contribution in [0, 0.1) is 0 Å². The maximum Gasteiger partial charge on any atom is 0.226 e. The first-order valence-corrected chi connectivity index (χ1v) is 9.47. The maximum absolute atomic E-state index is 12.4. The van der Waals surface area contributed by atoms with Gasteiger partial charge in [0.2, 0.25) is 5.91 Å². The summed E-state index contributed by atoms with van der Waals surface area (Å²) in [6.07, 6.45) is 4.07. The van der Waals surface area contributed by atoms with E-state index in [1.165, 1.54) is 0 Å². The van der Waals surface area contributed by atoms with E-state index < -0.39 is 0 Å². The molecular formula is C21H25N5O. The second-order valence-corrected chi connectivity index (χ2v) is 7.45. The van der Waals surface area contributed by atoms with Crippen molar-refractivity contribution in [2.24, 2.45) is 10.7 Å². The van der Waals surface area contributed by atoms with Crippen molar-refractivity contribution >= 4 is 11.7 Å². The molecule has 2 aromatic rings. The van der Waals surface area contributed by atoms with E-state index in [9.17, 15) is 4.79 Å². The molecule has 1 aliphatic heterocycles. The number of hydrogen-bond acceptors (Lipinski definition) is 5. The van der Waals surface area contributed by atoms with Crippen LogP contribution in [-0.2, 0) is 17.8 Å². The van der Waals surface area contributed by atoms with Crippen LogP contribution in [0.15, 0.2) is 47.6 Å². The molecule has 2 aliphatic rings. The predicted molar refractivity (Wildman–Crippen MR) is 105 cm³/mol. The van der Waals surface area contributed by atoms with E-state index in [1.54, 1.807) is 0 Å². The van der Waals surface area contributed by atoms with Crippen molar-refractivity contribution in [1.29, 1.82) is 0 Å². The predicted octanol–water partition coefficient (Wildman–Crippen LogP) is 1.84. The number of nitrogens with zero attached hydrogens (tertiary/aromatic N) is 2. The van der Waals surface area contributed by atoms with E-state index in [2.05, 4.69) is 20.6 Å². The quantitative estimate of drug-likeness (QED) is 0.756. The molecular weight excluding hydrogens is 338 g/mol. The fourth-order valence-corrected chi connectivity index (χ4v) is 3.62. The van der Waals surface area contributed by atoms with Gasteiger partial charge in [-0.15, -0.1) is 0 Å². The van der Waals surface area contributed by atoms with Crippen LogP contribution in [0.1, 0.15) is 48.2 Å². The summed E-state index contributed by atoms with van der Waals surface area (Å²) in [5.41, 5.74) is 9.87. The molecule has 27 heavy (non-hydrogen) atoms. The first-order valence-electron chi connectivity index (χ1n) is 9.47. The number of rotatable bonds is 5. The Kier molecular flexibility index (Phi) is 4.90. The van der Waals surface area contributed by atoms with Crippen LogP contribution in [0.3, 0.4) is 0 Å². The molecule has 1 aromatic carbocycles. The summed E-state index contributed by atoms with van der Waals surface area (Å²) in [5.74, 6) is 0.877. The summed E-state index contributed by atoms with van der Waals surface area (Å²) in [4.78, 5) is 21.4. The van der Waals surface area contributed by atoms with Gasteiger partial charge in [-0.3, -0.25) is 14.8 Å². The van der Waals surface area contributed by atoms with Gasteiger partial charge >= 0.3 is 0 Å². The normalized spacial score (nSPS) is 21.6. The molecule has 6 nitrogen and oxygen atoms in total. The first-order chi connectivity index (χ1) is 13.1. The summed E-state index contributed by atoms with van der Waals surface area (Å²) in [7, 11) is 0. The zero-order chi connectivity index (χ0) is 18.8. The maximum atomic E-state index is 12.4. The Morgan fingerprint density at radius 3 is 2.81 bits per heavy atom. The molecule has 0 spiro atoms. The molecule has 140 valence electrons. The number of amidine groups is 1. The third-order valence-corrected chi connectivity index (χ3v) is 5.24. The topological polar surface area (TPSA) is 92.4 Å². The number of pyridine rings is 1. The van der Waals surface area contributed by atoms with Crippen LogP contribution in [0.25, 0.3) is 0 Å². The van der Waals surface area contributed by atoms with Gasteiger partial charge in [-0.2, -0.15) is 0 Å². The molecule has 4 N–H and O–H groups in total. The Morgan fingerprint density at radius 1 is 1.30 bits per heavy atom.